The maximum atomic E-state index is 13.2. The average Bonchev–Trinajstić information content (AvgIpc) is 3.36. The summed E-state index contributed by atoms with van der Waals surface area (Å²) in [4.78, 5) is 32.5. The topological polar surface area (TPSA) is 59.5 Å². The number of carbonyl (C=O) groups is 2. The molecule has 1 atom stereocenters. The Labute approximate surface area is 209 Å². The van der Waals surface area contributed by atoms with Crippen molar-refractivity contribution in [2.24, 2.45) is 0 Å². The molecule has 0 saturated heterocycles. The number of aromatic nitrogens is 1. The zero-order valence-corrected chi connectivity index (χ0v) is 20.5. The van der Waals surface area contributed by atoms with E-state index in [1.807, 2.05) is 78.2 Å². The number of fused-ring (bicyclic) bond motifs is 1. The van der Waals surface area contributed by atoms with E-state index in [1.165, 1.54) is 0 Å². The highest BCUT2D eigenvalue weighted by Gasteiger charge is 2.33. The number of rotatable bonds is 7. The summed E-state index contributed by atoms with van der Waals surface area (Å²) in [5.74, 6) is 0.244. The Morgan fingerprint density at radius 3 is 2.46 bits per heavy atom. The number of anilines is 1. The summed E-state index contributed by atoms with van der Waals surface area (Å²) < 4.78 is 5.84. The third kappa shape index (κ3) is 4.75. The van der Waals surface area contributed by atoms with Gasteiger partial charge < -0.3 is 4.74 Å². The maximum Gasteiger partial charge on any atom is 0.268 e. The number of aryl methyl sites for hydroxylation is 1. The zero-order chi connectivity index (χ0) is 24.4. The van der Waals surface area contributed by atoms with E-state index in [0.717, 1.165) is 40.2 Å². The Bertz CT molecular complexity index is 1360. The number of benzene rings is 3. The predicted octanol–water partition coefficient (Wildman–Crippen LogP) is 6.43. The van der Waals surface area contributed by atoms with Crippen LogP contribution in [0.15, 0.2) is 78.2 Å². The molecule has 0 spiro atoms. The van der Waals surface area contributed by atoms with Gasteiger partial charge in [0.15, 0.2) is 11.9 Å². The van der Waals surface area contributed by atoms with Crippen LogP contribution < -0.4 is 9.64 Å². The van der Waals surface area contributed by atoms with Crippen LogP contribution in [0.2, 0.25) is 0 Å². The van der Waals surface area contributed by atoms with Crippen LogP contribution in [-0.4, -0.2) is 29.3 Å². The molecule has 0 aliphatic carbocycles. The lowest BCUT2D eigenvalue weighted by atomic mass is 10.0. The smallest absolute Gasteiger partial charge is 0.268 e. The van der Waals surface area contributed by atoms with Gasteiger partial charge in [0.05, 0.1) is 22.9 Å². The zero-order valence-electron chi connectivity index (χ0n) is 19.7. The summed E-state index contributed by atoms with van der Waals surface area (Å²) in [6.07, 6.45) is 1.33. The Kier molecular flexibility index (Phi) is 6.47. The quantitative estimate of drug-likeness (QED) is 0.285. The van der Waals surface area contributed by atoms with Gasteiger partial charge >= 0.3 is 0 Å². The van der Waals surface area contributed by atoms with E-state index in [0.29, 0.717) is 17.0 Å². The second-order valence-electron chi connectivity index (χ2n) is 8.61. The molecular formula is C29H26N2O3S. The highest BCUT2D eigenvalue weighted by molar-refractivity contribution is 7.09. The monoisotopic (exact) mass is 482 g/mol. The van der Waals surface area contributed by atoms with E-state index in [2.05, 4.69) is 6.92 Å². The molecule has 1 aromatic heterocycles. The van der Waals surface area contributed by atoms with Gasteiger partial charge in [0.2, 0.25) is 0 Å². The van der Waals surface area contributed by atoms with Gasteiger partial charge in [0.25, 0.3) is 5.91 Å². The van der Waals surface area contributed by atoms with Crippen molar-refractivity contribution in [2.45, 2.75) is 32.8 Å². The molecule has 1 unspecified atom stereocenters. The second kappa shape index (κ2) is 9.84. The molecule has 1 amide bonds. The van der Waals surface area contributed by atoms with Crippen LogP contribution in [0.25, 0.3) is 22.4 Å². The molecule has 5 nitrogen and oxygen atoms in total. The van der Waals surface area contributed by atoms with Crippen molar-refractivity contribution in [2.75, 3.05) is 11.4 Å². The van der Waals surface area contributed by atoms with E-state index in [-0.39, 0.29) is 18.2 Å². The fourth-order valence-corrected chi connectivity index (χ4v) is 5.13. The van der Waals surface area contributed by atoms with Gasteiger partial charge in [-0.15, -0.1) is 11.3 Å². The summed E-state index contributed by atoms with van der Waals surface area (Å²) in [5.41, 5.74) is 5.07. The lowest BCUT2D eigenvalue weighted by Gasteiger charge is -2.33. The molecule has 176 valence electrons. The highest BCUT2D eigenvalue weighted by atomic mass is 32.1. The molecule has 6 heteroatoms. The van der Waals surface area contributed by atoms with Gasteiger partial charge in [-0.25, -0.2) is 4.98 Å². The highest BCUT2D eigenvalue weighted by Crippen LogP contribution is 2.38. The fraction of sp³-hybridized carbons (Fsp3) is 0.207. The summed E-state index contributed by atoms with van der Waals surface area (Å²) >= 11 is 1.64. The summed E-state index contributed by atoms with van der Waals surface area (Å²) in [6.45, 7) is 3.79. The number of nitrogens with zero attached hydrogens (tertiary/aromatic N) is 2. The molecule has 3 aromatic carbocycles. The van der Waals surface area contributed by atoms with Crippen LogP contribution in [0.5, 0.6) is 5.75 Å². The van der Waals surface area contributed by atoms with Crippen LogP contribution in [0.3, 0.4) is 0 Å². The van der Waals surface area contributed by atoms with Crippen molar-refractivity contribution in [3.63, 3.8) is 0 Å². The Hall–Kier alpha value is -3.77. The molecule has 2 heterocycles. The number of ether oxygens (including phenoxy) is 1. The predicted molar refractivity (Wildman–Crippen MR) is 140 cm³/mol. The summed E-state index contributed by atoms with van der Waals surface area (Å²) in [5, 5.41) is 3.12. The molecule has 0 saturated carbocycles. The second-order valence-corrected chi connectivity index (χ2v) is 9.55. The van der Waals surface area contributed by atoms with E-state index >= 15 is 0 Å². The number of carbonyl (C=O) groups excluding carboxylic acids is 2. The van der Waals surface area contributed by atoms with Gasteiger partial charge in [-0.1, -0.05) is 61.5 Å². The third-order valence-corrected chi connectivity index (χ3v) is 7.00. The summed E-state index contributed by atoms with van der Waals surface area (Å²) in [7, 11) is 0. The Morgan fingerprint density at radius 2 is 1.71 bits per heavy atom. The molecule has 1 aliphatic rings. The number of ketones is 1. The first-order valence-electron chi connectivity index (χ1n) is 11.8. The minimum atomic E-state index is -0.656. The number of hydrogen-bond donors (Lipinski definition) is 0. The third-order valence-electron chi connectivity index (χ3n) is 6.09. The van der Waals surface area contributed by atoms with E-state index in [1.54, 1.807) is 23.2 Å². The van der Waals surface area contributed by atoms with Crippen LogP contribution in [0, 0.1) is 0 Å². The van der Waals surface area contributed by atoms with Gasteiger partial charge in [-0.05, 0) is 49.1 Å². The number of hydrogen-bond acceptors (Lipinski definition) is 5. The Balaban J connectivity index is 1.41. The standard InChI is InChI=1S/C29H26N2O3S/c1-3-7-28-30-24(18-35-28)23-14-15-27-25(16-23)31(29(33)19(2)34-27)17-26(32)22-12-10-21(11-13-22)20-8-5-4-6-9-20/h4-6,8-16,18-19H,3,7,17H2,1-2H3. The molecular weight excluding hydrogens is 456 g/mol. The van der Waals surface area contributed by atoms with Gasteiger partial charge in [-0.2, -0.15) is 0 Å². The SMILES string of the molecule is CCCc1nc(-c2ccc3c(c2)N(CC(=O)c2ccc(-c4ccccc4)cc2)C(=O)C(C)O3)cs1. The van der Waals surface area contributed by atoms with Gasteiger partial charge in [0.1, 0.15) is 5.75 Å². The molecule has 1 aliphatic heterocycles. The molecule has 0 fully saturated rings. The molecule has 0 radical (unpaired) electrons. The lowest BCUT2D eigenvalue weighted by Crippen LogP contribution is -2.46. The molecule has 35 heavy (non-hydrogen) atoms. The van der Waals surface area contributed by atoms with E-state index < -0.39 is 6.10 Å². The van der Waals surface area contributed by atoms with E-state index in [4.69, 9.17) is 9.72 Å². The van der Waals surface area contributed by atoms with Crippen molar-refractivity contribution in [3.8, 4) is 28.1 Å². The number of Topliss-reactive ketones (excluding diaryl/α,β-unsaturated/α-hetero) is 1. The van der Waals surface area contributed by atoms with Crippen LogP contribution in [0.1, 0.15) is 35.6 Å². The molecule has 0 bridgehead atoms. The van der Waals surface area contributed by atoms with Crippen molar-refractivity contribution in [3.05, 3.63) is 88.7 Å². The average molecular weight is 483 g/mol. The van der Waals surface area contributed by atoms with Crippen molar-refractivity contribution >= 4 is 28.7 Å². The van der Waals surface area contributed by atoms with Crippen molar-refractivity contribution < 1.29 is 14.3 Å². The van der Waals surface area contributed by atoms with Crippen LogP contribution >= 0.6 is 11.3 Å². The first-order chi connectivity index (χ1) is 17.0. The van der Waals surface area contributed by atoms with Crippen molar-refractivity contribution in [1.29, 1.82) is 0 Å². The molecule has 5 rings (SSSR count). The first-order valence-corrected chi connectivity index (χ1v) is 12.7. The van der Waals surface area contributed by atoms with Crippen molar-refractivity contribution in [1.82, 2.24) is 4.98 Å². The Morgan fingerprint density at radius 1 is 1.00 bits per heavy atom. The number of amides is 1. The molecule has 4 aromatic rings. The fourth-order valence-electron chi connectivity index (χ4n) is 4.22. The minimum absolute atomic E-state index is 0.0498. The van der Waals surface area contributed by atoms with E-state index in [9.17, 15) is 9.59 Å². The minimum Gasteiger partial charge on any atom is -0.479 e. The van der Waals surface area contributed by atoms with Crippen LogP contribution in [-0.2, 0) is 11.2 Å². The normalized spacial score (nSPS) is 15.0. The lowest BCUT2D eigenvalue weighted by molar-refractivity contribution is -0.125. The first kappa shape index (κ1) is 23.0. The molecule has 0 N–H and O–H groups in total. The van der Waals surface area contributed by atoms with Gasteiger partial charge in [0, 0.05) is 16.5 Å². The maximum absolute atomic E-state index is 13.2. The number of thiazole rings is 1. The van der Waals surface area contributed by atoms with Crippen LogP contribution in [0.4, 0.5) is 5.69 Å². The van der Waals surface area contributed by atoms with Gasteiger partial charge in [-0.3, -0.25) is 14.5 Å². The largest absolute Gasteiger partial charge is 0.479 e. The summed E-state index contributed by atoms with van der Waals surface area (Å²) in [6, 6.07) is 23.2.